The second-order valence-corrected chi connectivity index (χ2v) is 6.14. The second kappa shape index (κ2) is 6.00. The first-order valence-electron chi connectivity index (χ1n) is 6.98. The van der Waals surface area contributed by atoms with Gasteiger partial charge in [-0.2, -0.15) is 0 Å². The Hall–Kier alpha value is -1.65. The van der Waals surface area contributed by atoms with E-state index >= 15 is 0 Å². The lowest BCUT2D eigenvalue weighted by molar-refractivity contribution is 0.417. The summed E-state index contributed by atoms with van der Waals surface area (Å²) in [7, 11) is 0. The number of hydrogen-bond acceptors (Lipinski definition) is 3. The van der Waals surface area contributed by atoms with Gasteiger partial charge in [0.1, 0.15) is 11.3 Å². The number of aromatic nitrogens is 1. The first-order chi connectivity index (χ1) is 10.1. The Morgan fingerprint density at radius 1 is 1.14 bits per heavy atom. The van der Waals surface area contributed by atoms with Crippen molar-refractivity contribution in [1.82, 2.24) is 10.3 Å². The highest BCUT2D eigenvalue weighted by molar-refractivity contribution is 9.10. The van der Waals surface area contributed by atoms with Crippen molar-refractivity contribution in [2.75, 3.05) is 0 Å². The van der Waals surface area contributed by atoms with Crippen LogP contribution in [0.2, 0.25) is 0 Å². The van der Waals surface area contributed by atoms with Crippen LogP contribution in [0, 0.1) is 0 Å². The molecule has 0 spiro atoms. The molecule has 1 N–H and O–H groups in total. The van der Waals surface area contributed by atoms with E-state index in [0.29, 0.717) is 0 Å². The molecule has 0 aliphatic rings. The maximum Gasteiger partial charge on any atom is 0.134 e. The van der Waals surface area contributed by atoms with Gasteiger partial charge >= 0.3 is 0 Å². The van der Waals surface area contributed by atoms with E-state index in [1.165, 1.54) is 5.56 Å². The molecule has 3 rings (SSSR count). The number of rotatable bonds is 4. The van der Waals surface area contributed by atoms with E-state index in [9.17, 15) is 0 Å². The molecule has 3 nitrogen and oxygen atoms in total. The van der Waals surface area contributed by atoms with E-state index in [4.69, 9.17) is 4.42 Å². The van der Waals surface area contributed by atoms with Gasteiger partial charge in [-0.05, 0) is 49.7 Å². The van der Waals surface area contributed by atoms with Crippen molar-refractivity contribution in [3.63, 3.8) is 0 Å². The molecule has 2 heterocycles. The minimum atomic E-state index is 0.131. The summed E-state index contributed by atoms with van der Waals surface area (Å²) in [5.74, 6) is 0.943. The van der Waals surface area contributed by atoms with Gasteiger partial charge in [0.15, 0.2) is 0 Å². The minimum Gasteiger partial charge on any atom is -0.459 e. The van der Waals surface area contributed by atoms with Crippen LogP contribution in [-0.4, -0.2) is 4.98 Å². The number of furan rings is 1. The van der Waals surface area contributed by atoms with Gasteiger partial charge in [0.05, 0.1) is 6.04 Å². The molecular weight excluding hydrogens is 328 g/mol. The van der Waals surface area contributed by atoms with Gasteiger partial charge in [-0.25, -0.2) is 0 Å². The van der Waals surface area contributed by atoms with Crippen LogP contribution in [0.5, 0.6) is 0 Å². The Morgan fingerprint density at radius 3 is 2.76 bits per heavy atom. The summed E-state index contributed by atoms with van der Waals surface area (Å²) < 4.78 is 6.98. The monoisotopic (exact) mass is 344 g/mol. The predicted molar refractivity (Wildman–Crippen MR) is 88.1 cm³/mol. The fourth-order valence-electron chi connectivity index (χ4n) is 2.43. The molecule has 1 aromatic carbocycles. The van der Waals surface area contributed by atoms with Crippen LogP contribution in [-0.2, 0) is 0 Å². The summed E-state index contributed by atoms with van der Waals surface area (Å²) in [6.45, 7) is 4.24. The quantitative estimate of drug-likeness (QED) is 0.723. The van der Waals surface area contributed by atoms with Crippen LogP contribution in [0.3, 0.4) is 0 Å². The number of benzene rings is 1. The van der Waals surface area contributed by atoms with Crippen molar-refractivity contribution < 1.29 is 4.42 Å². The summed E-state index contributed by atoms with van der Waals surface area (Å²) in [5, 5.41) is 4.66. The van der Waals surface area contributed by atoms with Crippen LogP contribution in [0.15, 0.2) is 57.7 Å². The fraction of sp³-hybridized carbons (Fsp3) is 0.235. The molecule has 0 bridgehead atoms. The molecule has 0 saturated carbocycles. The third-order valence-corrected chi connectivity index (χ3v) is 4.10. The lowest BCUT2D eigenvalue weighted by atomic mass is 10.1. The van der Waals surface area contributed by atoms with Crippen LogP contribution in [0.25, 0.3) is 11.0 Å². The highest BCUT2D eigenvalue weighted by atomic mass is 79.9. The first kappa shape index (κ1) is 14.3. The molecular formula is C17H17BrN2O. The molecule has 2 aromatic heterocycles. The van der Waals surface area contributed by atoms with Crippen LogP contribution in [0.1, 0.15) is 37.3 Å². The summed E-state index contributed by atoms with van der Waals surface area (Å²) in [5.41, 5.74) is 2.08. The summed E-state index contributed by atoms with van der Waals surface area (Å²) in [4.78, 5) is 4.16. The van der Waals surface area contributed by atoms with Gasteiger partial charge in [-0.1, -0.05) is 22.0 Å². The number of pyridine rings is 1. The standard InChI is InChI=1S/C17H17BrN2O/c1-11(13-4-3-7-19-10-13)20-12(2)17-9-14-8-15(18)5-6-16(14)21-17/h3-12,20H,1-2H3/t11-,12?/m0/s1. The summed E-state index contributed by atoms with van der Waals surface area (Å²) in [6, 6.07) is 12.5. The SMILES string of the molecule is CC(N[C@@H](C)c1cccnc1)c1cc2cc(Br)ccc2o1. The molecule has 0 saturated heterocycles. The van der Waals surface area contributed by atoms with Gasteiger partial charge in [-0.3, -0.25) is 4.98 Å². The highest BCUT2D eigenvalue weighted by Gasteiger charge is 2.15. The topological polar surface area (TPSA) is 38.1 Å². The van der Waals surface area contributed by atoms with E-state index in [1.54, 1.807) is 6.20 Å². The van der Waals surface area contributed by atoms with Crippen molar-refractivity contribution in [2.24, 2.45) is 0 Å². The Balaban J connectivity index is 1.79. The number of nitrogens with zero attached hydrogens (tertiary/aromatic N) is 1. The molecule has 2 atom stereocenters. The smallest absolute Gasteiger partial charge is 0.134 e. The Kier molecular flexibility index (Phi) is 4.08. The number of nitrogens with one attached hydrogen (secondary N) is 1. The lowest BCUT2D eigenvalue weighted by Crippen LogP contribution is -2.22. The van der Waals surface area contributed by atoms with Crippen molar-refractivity contribution in [2.45, 2.75) is 25.9 Å². The van der Waals surface area contributed by atoms with Crippen molar-refractivity contribution in [3.8, 4) is 0 Å². The van der Waals surface area contributed by atoms with Gasteiger partial charge < -0.3 is 9.73 Å². The number of hydrogen-bond donors (Lipinski definition) is 1. The average Bonchev–Trinajstić information content (AvgIpc) is 2.91. The van der Waals surface area contributed by atoms with Crippen LogP contribution >= 0.6 is 15.9 Å². The molecule has 0 radical (unpaired) electrons. The largest absolute Gasteiger partial charge is 0.459 e. The molecule has 0 aliphatic heterocycles. The molecule has 21 heavy (non-hydrogen) atoms. The maximum absolute atomic E-state index is 5.92. The highest BCUT2D eigenvalue weighted by Crippen LogP contribution is 2.27. The predicted octanol–water partition coefficient (Wildman–Crippen LogP) is 5.00. The molecule has 0 fully saturated rings. The van der Waals surface area contributed by atoms with E-state index < -0.39 is 0 Å². The maximum atomic E-state index is 5.92. The Labute approximate surface area is 132 Å². The fourth-order valence-corrected chi connectivity index (χ4v) is 2.81. The number of fused-ring (bicyclic) bond motifs is 1. The Morgan fingerprint density at radius 2 is 2.00 bits per heavy atom. The van der Waals surface area contributed by atoms with Crippen LogP contribution < -0.4 is 5.32 Å². The first-order valence-corrected chi connectivity index (χ1v) is 7.78. The average molecular weight is 345 g/mol. The van der Waals surface area contributed by atoms with Crippen LogP contribution in [0.4, 0.5) is 0 Å². The molecule has 0 aliphatic carbocycles. The normalized spacial score (nSPS) is 14.2. The minimum absolute atomic E-state index is 0.131. The van der Waals surface area contributed by atoms with Crippen molar-refractivity contribution in [3.05, 3.63) is 64.6 Å². The molecule has 0 amide bonds. The number of halogens is 1. The molecule has 1 unspecified atom stereocenters. The summed E-state index contributed by atoms with van der Waals surface area (Å²) >= 11 is 3.49. The van der Waals surface area contributed by atoms with Crippen molar-refractivity contribution >= 4 is 26.9 Å². The zero-order valence-corrected chi connectivity index (χ0v) is 13.6. The van der Waals surface area contributed by atoms with E-state index in [2.05, 4.69) is 58.3 Å². The zero-order valence-electron chi connectivity index (χ0n) is 12.0. The van der Waals surface area contributed by atoms with Crippen molar-refractivity contribution in [1.29, 1.82) is 0 Å². The molecule has 4 heteroatoms. The molecule has 108 valence electrons. The van der Waals surface area contributed by atoms with Gasteiger partial charge in [0, 0.05) is 28.3 Å². The second-order valence-electron chi connectivity index (χ2n) is 5.23. The lowest BCUT2D eigenvalue weighted by Gasteiger charge is -2.18. The Bertz CT molecular complexity index is 739. The third kappa shape index (κ3) is 3.17. The third-order valence-electron chi connectivity index (χ3n) is 3.61. The van der Waals surface area contributed by atoms with Gasteiger partial charge in [0.2, 0.25) is 0 Å². The van der Waals surface area contributed by atoms with Gasteiger partial charge in [0.25, 0.3) is 0 Å². The van der Waals surface area contributed by atoms with Gasteiger partial charge in [-0.15, -0.1) is 0 Å². The summed E-state index contributed by atoms with van der Waals surface area (Å²) in [6.07, 6.45) is 3.68. The van der Waals surface area contributed by atoms with E-state index in [1.807, 2.05) is 24.4 Å². The zero-order chi connectivity index (χ0) is 14.8. The van der Waals surface area contributed by atoms with E-state index in [-0.39, 0.29) is 12.1 Å². The molecule has 3 aromatic rings. The van der Waals surface area contributed by atoms with E-state index in [0.717, 1.165) is 21.2 Å².